The number of hydrogen-bond acceptors (Lipinski definition) is 4. The van der Waals surface area contributed by atoms with Crippen molar-refractivity contribution in [3.8, 4) is 0 Å². The first-order valence-corrected chi connectivity index (χ1v) is 6.08. The van der Waals surface area contributed by atoms with Gasteiger partial charge in [0.25, 0.3) is 0 Å². The Morgan fingerprint density at radius 3 is 1.68 bits per heavy atom. The van der Waals surface area contributed by atoms with Crippen molar-refractivity contribution in [3.05, 3.63) is 0 Å². The normalized spacial score (nSPS) is 13.8. The number of carbonyl (C=O) groups excluding carboxylic acids is 2. The molecular weight excluding hydrogens is 252 g/mol. The first kappa shape index (κ1) is 17.2. The van der Waals surface area contributed by atoms with Crippen LogP contribution in [0.1, 0.15) is 27.7 Å². The minimum absolute atomic E-state index is 0.166. The van der Waals surface area contributed by atoms with Gasteiger partial charge in [-0.15, -0.1) is 0 Å². The summed E-state index contributed by atoms with van der Waals surface area (Å²) >= 11 is 0. The average molecular weight is 274 g/mol. The number of nitrogens with one attached hydrogen (secondary N) is 2. The first-order chi connectivity index (χ1) is 8.70. The second kappa shape index (κ2) is 7.60. The third kappa shape index (κ3) is 5.58. The van der Waals surface area contributed by atoms with E-state index in [2.05, 4.69) is 15.4 Å². The maximum Gasteiger partial charge on any atom is 0.328 e. The van der Waals surface area contributed by atoms with E-state index in [-0.39, 0.29) is 11.8 Å². The van der Waals surface area contributed by atoms with Gasteiger partial charge in [0.2, 0.25) is 0 Å². The third-order valence-electron chi connectivity index (χ3n) is 2.63. The van der Waals surface area contributed by atoms with Crippen LogP contribution in [0.4, 0.5) is 4.79 Å². The molecule has 2 atom stereocenters. The molecule has 2 amide bonds. The summed E-state index contributed by atoms with van der Waals surface area (Å²) in [5.41, 5.74) is 0. The number of hydrogen-bond donors (Lipinski definition) is 3. The van der Waals surface area contributed by atoms with Gasteiger partial charge < -0.3 is 20.5 Å². The molecule has 0 aliphatic heterocycles. The number of amides is 2. The van der Waals surface area contributed by atoms with Crippen molar-refractivity contribution in [2.75, 3.05) is 7.11 Å². The van der Waals surface area contributed by atoms with E-state index in [0.717, 1.165) is 0 Å². The van der Waals surface area contributed by atoms with Crippen molar-refractivity contribution >= 4 is 18.0 Å². The van der Waals surface area contributed by atoms with Gasteiger partial charge in [0, 0.05) is 0 Å². The largest absolute Gasteiger partial charge is 0.480 e. The van der Waals surface area contributed by atoms with Gasteiger partial charge in [-0.1, -0.05) is 27.7 Å². The van der Waals surface area contributed by atoms with Gasteiger partial charge in [0.15, 0.2) is 0 Å². The Hall–Kier alpha value is -1.79. The zero-order valence-electron chi connectivity index (χ0n) is 11.9. The van der Waals surface area contributed by atoms with Crippen molar-refractivity contribution in [1.82, 2.24) is 10.6 Å². The Labute approximate surface area is 112 Å². The van der Waals surface area contributed by atoms with Gasteiger partial charge in [-0.2, -0.15) is 0 Å². The zero-order valence-corrected chi connectivity index (χ0v) is 11.9. The van der Waals surface area contributed by atoms with E-state index >= 15 is 0 Å². The molecule has 19 heavy (non-hydrogen) atoms. The molecule has 0 saturated carbocycles. The molecule has 0 aromatic rings. The molecule has 0 radical (unpaired) electrons. The number of carboxylic acids is 1. The van der Waals surface area contributed by atoms with Gasteiger partial charge in [-0.25, -0.2) is 14.4 Å². The molecule has 0 fully saturated rings. The van der Waals surface area contributed by atoms with Crippen LogP contribution < -0.4 is 10.6 Å². The molecule has 7 nitrogen and oxygen atoms in total. The van der Waals surface area contributed by atoms with Crippen LogP contribution in [0.5, 0.6) is 0 Å². The van der Waals surface area contributed by atoms with Crippen LogP contribution in [0, 0.1) is 11.8 Å². The van der Waals surface area contributed by atoms with E-state index in [0.29, 0.717) is 0 Å². The molecule has 0 aliphatic carbocycles. The summed E-state index contributed by atoms with van der Waals surface area (Å²) in [6, 6.07) is -2.53. The maximum atomic E-state index is 11.7. The van der Waals surface area contributed by atoms with Crippen LogP contribution in [0.25, 0.3) is 0 Å². The van der Waals surface area contributed by atoms with E-state index in [9.17, 15) is 14.4 Å². The number of aliphatic carboxylic acids is 1. The van der Waals surface area contributed by atoms with Crippen LogP contribution in [-0.2, 0) is 14.3 Å². The number of esters is 1. The lowest BCUT2D eigenvalue weighted by Crippen LogP contribution is -2.54. The lowest BCUT2D eigenvalue weighted by Gasteiger charge is -2.23. The summed E-state index contributed by atoms with van der Waals surface area (Å²) in [4.78, 5) is 34.1. The number of ether oxygens (including phenoxy) is 1. The summed E-state index contributed by atoms with van der Waals surface area (Å²) in [5.74, 6) is -2.12. The number of urea groups is 1. The van der Waals surface area contributed by atoms with Crippen LogP contribution in [0.2, 0.25) is 0 Å². The quantitative estimate of drug-likeness (QED) is 0.615. The lowest BCUT2D eigenvalue weighted by molar-refractivity contribution is -0.144. The smallest absolute Gasteiger partial charge is 0.328 e. The van der Waals surface area contributed by atoms with Crippen LogP contribution in [0.3, 0.4) is 0 Å². The molecule has 0 unspecified atom stereocenters. The molecular formula is C12H22N2O5. The monoisotopic (exact) mass is 274 g/mol. The Morgan fingerprint density at radius 2 is 1.37 bits per heavy atom. The molecule has 0 aliphatic rings. The molecule has 0 bridgehead atoms. The van der Waals surface area contributed by atoms with E-state index in [1.807, 2.05) is 0 Å². The van der Waals surface area contributed by atoms with Gasteiger partial charge in [-0.05, 0) is 11.8 Å². The van der Waals surface area contributed by atoms with Crippen molar-refractivity contribution in [1.29, 1.82) is 0 Å². The minimum Gasteiger partial charge on any atom is -0.480 e. The summed E-state index contributed by atoms with van der Waals surface area (Å²) in [7, 11) is 1.23. The zero-order chi connectivity index (χ0) is 15.2. The minimum atomic E-state index is -1.12. The fourth-order valence-electron chi connectivity index (χ4n) is 1.46. The molecule has 0 spiro atoms. The molecule has 0 heterocycles. The highest BCUT2D eigenvalue weighted by Gasteiger charge is 2.28. The second-order valence-electron chi connectivity index (χ2n) is 4.92. The van der Waals surface area contributed by atoms with E-state index < -0.39 is 30.1 Å². The van der Waals surface area contributed by atoms with Crippen LogP contribution in [-0.4, -0.2) is 42.3 Å². The third-order valence-corrected chi connectivity index (χ3v) is 2.63. The Kier molecular flexibility index (Phi) is 6.89. The van der Waals surface area contributed by atoms with Gasteiger partial charge >= 0.3 is 18.0 Å². The Bertz CT molecular complexity index is 341. The number of methoxy groups -OCH3 is 1. The van der Waals surface area contributed by atoms with Gasteiger partial charge in [-0.3, -0.25) is 0 Å². The lowest BCUT2D eigenvalue weighted by atomic mass is 10.0. The fraction of sp³-hybridized carbons (Fsp3) is 0.750. The Morgan fingerprint density at radius 1 is 0.947 bits per heavy atom. The van der Waals surface area contributed by atoms with Gasteiger partial charge in [0.05, 0.1) is 7.11 Å². The summed E-state index contributed by atoms with van der Waals surface area (Å²) in [6.45, 7) is 6.86. The molecule has 0 aromatic carbocycles. The standard InChI is InChI=1S/C12H22N2O5/c1-6(2)8(10(15)16)13-12(18)14-9(7(3)4)11(17)19-5/h6-9H,1-5H3,(H,15,16)(H2,13,14,18)/t8-,9-/m1/s1. The highest BCUT2D eigenvalue weighted by atomic mass is 16.5. The van der Waals surface area contributed by atoms with Crippen molar-refractivity contribution in [2.45, 2.75) is 39.8 Å². The average Bonchev–Trinajstić information content (AvgIpc) is 2.30. The van der Waals surface area contributed by atoms with Crippen molar-refractivity contribution in [2.24, 2.45) is 11.8 Å². The van der Waals surface area contributed by atoms with Crippen molar-refractivity contribution < 1.29 is 24.2 Å². The highest BCUT2D eigenvalue weighted by molar-refractivity contribution is 5.86. The SMILES string of the molecule is COC(=O)[C@H](NC(=O)N[C@@H](C(=O)O)C(C)C)C(C)C. The maximum absolute atomic E-state index is 11.7. The second-order valence-corrected chi connectivity index (χ2v) is 4.92. The Balaban J connectivity index is 4.66. The first-order valence-electron chi connectivity index (χ1n) is 6.08. The van der Waals surface area contributed by atoms with E-state index in [1.54, 1.807) is 27.7 Å². The fourth-order valence-corrected chi connectivity index (χ4v) is 1.46. The molecule has 0 rings (SSSR count). The molecule has 0 saturated heterocycles. The van der Waals surface area contributed by atoms with Crippen molar-refractivity contribution in [3.63, 3.8) is 0 Å². The number of rotatable bonds is 6. The molecule has 3 N–H and O–H groups in total. The van der Waals surface area contributed by atoms with E-state index in [4.69, 9.17) is 5.11 Å². The number of carboxylic acid groups (broad SMARTS) is 1. The molecule has 110 valence electrons. The summed E-state index contributed by atoms with van der Waals surface area (Å²) < 4.78 is 4.58. The van der Waals surface area contributed by atoms with Gasteiger partial charge in [0.1, 0.15) is 12.1 Å². The van der Waals surface area contributed by atoms with E-state index in [1.165, 1.54) is 7.11 Å². The summed E-state index contributed by atoms with van der Waals surface area (Å²) in [5, 5.41) is 13.7. The van der Waals surface area contributed by atoms with Crippen LogP contribution >= 0.6 is 0 Å². The summed E-state index contributed by atoms with van der Waals surface area (Å²) in [6.07, 6.45) is 0. The number of carbonyl (C=O) groups is 3. The predicted octanol–water partition coefficient (Wildman–Crippen LogP) is 0.592. The predicted molar refractivity (Wildman–Crippen MR) is 68.6 cm³/mol. The highest BCUT2D eigenvalue weighted by Crippen LogP contribution is 2.05. The van der Waals surface area contributed by atoms with Crippen LogP contribution in [0.15, 0.2) is 0 Å². The topological polar surface area (TPSA) is 105 Å². The molecule has 0 aromatic heterocycles. The molecule has 7 heteroatoms.